The molecule has 4 nitrogen and oxygen atoms in total. The number of nitrogens with zero attached hydrogens (tertiary/aromatic N) is 1. The minimum absolute atomic E-state index is 0.364. The molecule has 1 aromatic carbocycles. The van der Waals surface area contributed by atoms with Gasteiger partial charge in [0.15, 0.2) is 0 Å². The Bertz CT molecular complexity index is 530. The highest BCUT2D eigenvalue weighted by atomic mass is 16.5. The number of hydrogen-bond donors (Lipinski definition) is 1. The fourth-order valence-electron chi connectivity index (χ4n) is 2.05. The summed E-state index contributed by atoms with van der Waals surface area (Å²) in [6, 6.07) is 8.36. The average molecular weight is 260 g/mol. The van der Waals surface area contributed by atoms with Gasteiger partial charge in [0, 0.05) is 13.5 Å². The second kappa shape index (κ2) is 5.89. The lowest BCUT2D eigenvalue weighted by molar-refractivity contribution is 0.200. The van der Waals surface area contributed by atoms with Crippen molar-refractivity contribution in [1.29, 1.82) is 0 Å². The van der Waals surface area contributed by atoms with E-state index in [2.05, 4.69) is 43.3 Å². The van der Waals surface area contributed by atoms with E-state index in [1.807, 2.05) is 0 Å². The lowest BCUT2D eigenvalue weighted by Gasteiger charge is -2.07. The summed E-state index contributed by atoms with van der Waals surface area (Å²) in [5.74, 6) is 0.880. The molecule has 0 saturated heterocycles. The summed E-state index contributed by atoms with van der Waals surface area (Å²) >= 11 is 0. The summed E-state index contributed by atoms with van der Waals surface area (Å²) in [7, 11) is 1.67. The smallest absolute Gasteiger partial charge is 0.230 e. The number of nitrogen functional groups attached to an aromatic ring is 1. The molecule has 102 valence electrons. The summed E-state index contributed by atoms with van der Waals surface area (Å²) in [5.41, 5.74) is 9.94. The van der Waals surface area contributed by atoms with Crippen LogP contribution in [0.2, 0.25) is 0 Å². The molecule has 0 atom stereocenters. The van der Waals surface area contributed by atoms with Gasteiger partial charge in [0.25, 0.3) is 0 Å². The third-order valence-electron chi connectivity index (χ3n) is 3.20. The van der Waals surface area contributed by atoms with E-state index in [-0.39, 0.29) is 0 Å². The number of hydrogen-bond acceptors (Lipinski definition) is 4. The van der Waals surface area contributed by atoms with Crippen molar-refractivity contribution < 1.29 is 9.26 Å². The first-order valence-electron chi connectivity index (χ1n) is 6.46. The van der Waals surface area contributed by atoms with Crippen LogP contribution in [-0.2, 0) is 11.2 Å². The molecule has 2 rings (SSSR count). The van der Waals surface area contributed by atoms with Crippen molar-refractivity contribution in [3.05, 3.63) is 35.5 Å². The molecule has 2 aromatic rings. The molecule has 0 unspecified atom stereocenters. The third kappa shape index (κ3) is 2.96. The Morgan fingerprint density at radius 3 is 2.53 bits per heavy atom. The van der Waals surface area contributed by atoms with E-state index in [1.165, 1.54) is 5.56 Å². The van der Waals surface area contributed by atoms with E-state index in [0.29, 0.717) is 24.8 Å². The van der Waals surface area contributed by atoms with Crippen LogP contribution in [0.3, 0.4) is 0 Å². The van der Waals surface area contributed by atoms with Gasteiger partial charge < -0.3 is 15.0 Å². The standard InChI is InChI=1S/C15H20N2O2/c1-10(2)11-4-6-12(7-5-11)14-13(8-9-18-3)17-19-15(14)16/h4-7,10H,8-9,16H2,1-3H3. The summed E-state index contributed by atoms with van der Waals surface area (Å²) in [6.07, 6.45) is 0.693. The van der Waals surface area contributed by atoms with Crippen LogP contribution < -0.4 is 5.73 Å². The van der Waals surface area contributed by atoms with E-state index >= 15 is 0 Å². The molecule has 1 heterocycles. The van der Waals surface area contributed by atoms with Crippen LogP contribution in [0.4, 0.5) is 5.88 Å². The van der Waals surface area contributed by atoms with Crippen LogP contribution in [0.5, 0.6) is 0 Å². The van der Waals surface area contributed by atoms with Gasteiger partial charge in [-0.15, -0.1) is 0 Å². The second-order valence-corrected chi connectivity index (χ2v) is 4.89. The Hall–Kier alpha value is -1.81. The number of methoxy groups -OCH3 is 1. The van der Waals surface area contributed by atoms with Crippen molar-refractivity contribution in [2.75, 3.05) is 19.5 Å². The molecule has 2 N–H and O–H groups in total. The molecule has 0 fully saturated rings. The fraction of sp³-hybridized carbons (Fsp3) is 0.400. The molecule has 1 aromatic heterocycles. The Morgan fingerprint density at radius 1 is 1.26 bits per heavy atom. The van der Waals surface area contributed by atoms with E-state index < -0.39 is 0 Å². The van der Waals surface area contributed by atoms with Crippen LogP contribution >= 0.6 is 0 Å². The number of anilines is 1. The van der Waals surface area contributed by atoms with Gasteiger partial charge in [-0.2, -0.15) is 0 Å². The number of benzene rings is 1. The predicted octanol–water partition coefficient (Wildman–Crippen LogP) is 3.24. The first kappa shape index (κ1) is 13.6. The maximum Gasteiger partial charge on any atom is 0.230 e. The Labute approximate surface area is 113 Å². The van der Waals surface area contributed by atoms with Crippen molar-refractivity contribution in [3.8, 4) is 11.1 Å². The van der Waals surface area contributed by atoms with Gasteiger partial charge in [-0.3, -0.25) is 0 Å². The summed E-state index contributed by atoms with van der Waals surface area (Å²) < 4.78 is 10.2. The fourth-order valence-corrected chi connectivity index (χ4v) is 2.05. The van der Waals surface area contributed by atoms with Crippen molar-refractivity contribution in [2.45, 2.75) is 26.2 Å². The molecule has 0 amide bonds. The molecule has 19 heavy (non-hydrogen) atoms. The van der Waals surface area contributed by atoms with E-state index in [0.717, 1.165) is 16.8 Å². The number of aromatic nitrogens is 1. The lowest BCUT2D eigenvalue weighted by atomic mass is 9.98. The summed E-state index contributed by atoms with van der Waals surface area (Å²) in [5, 5.41) is 4.01. The zero-order chi connectivity index (χ0) is 13.8. The highest BCUT2D eigenvalue weighted by Crippen LogP contribution is 2.31. The quantitative estimate of drug-likeness (QED) is 0.896. The van der Waals surface area contributed by atoms with Gasteiger partial charge in [-0.1, -0.05) is 43.3 Å². The highest BCUT2D eigenvalue weighted by Gasteiger charge is 2.15. The van der Waals surface area contributed by atoms with Crippen LogP contribution in [0.1, 0.15) is 31.0 Å². The van der Waals surface area contributed by atoms with Crippen molar-refractivity contribution in [1.82, 2.24) is 5.16 Å². The molecule has 0 aliphatic carbocycles. The molecular weight excluding hydrogens is 240 g/mol. The first-order chi connectivity index (χ1) is 9.13. The lowest BCUT2D eigenvalue weighted by Crippen LogP contribution is -1.97. The van der Waals surface area contributed by atoms with Crippen LogP contribution in [0, 0.1) is 0 Å². The van der Waals surface area contributed by atoms with Gasteiger partial charge in [0.2, 0.25) is 5.88 Å². The van der Waals surface area contributed by atoms with Crippen LogP contribution in [-0.4, -0.2) is 18.9 Å². The molecular formula is C15H20N2O2. The van der Waals surface area contributed by atoms with Gasteiger partial charge >= 0.3 is 0 Å². The van der Waals surface area contributed by atoms with Crippen LogP contribution in [0.15, 0.2) is 28.8 Å². The monoisotopic (exact) mass is 260 g/mol. The minimum atomic E-state index is 0.364. The second-order valence-electron chi connectivity index (χ2n) is 4.89. The van der Waals surface area contributed by atoms with Crippen molar-refractivity contribution >= 4 is 5.88 Å². The van der Waals surface area contributed by atoms with Crippen molar-refractivity contribution in [3.63, 3.8) is 0 Å². The predicted molar refractivity (Wildman–Crippen MR) is 76.0 cm³/mol. The molecule has 0 aliphatic heterocycles. The van der Waals surface area contributed by atoms with Crippen molar-refractivity contribution in [2.24, 2.45) is 0 Å². The number of ether oxygens (including phenoxy) is 1. The van der Waals surface area contributed by atoms with Gasteiger partial charge in [0.1, 0.15) is 0 Å². The number of rotatable bonds is 5. The Balaban J connectivity index is 2.32. The third-order valence-corrected chi connectivity index (χ3v) is 3.20. The molecule has 0 spiro atoms. The zero-order valence-corrected chi connectivity index (χ0v) is 11.6. The summed E-state index contributed by atoms with van der Waals surface area (Å²) in [6.45, 7) is 4.95. The van der Waals surface area contributed by atoms with Gasteiger partial charge in [-0.05, 0) is 17.0 Å². The Kier molecular flexibility index (Phi) is 4.22. The molecule has 0 radical (unpaired) electrons. The van der Waals surface area contributed by atoms with Crippen LogP contribution in [0.25, 0.3) is 11.1 Å². The average Bonchev–Trinajstić information content (AvgIpc) is 2.77. The van der Waals surface area contributed by atoms with E-state index in [1.54, 1.807) is 7.11 Å². The van der Waals surface area contributed by atoms with E-state index in [9.17, 15) is 0 Å². The largest absolute Gasteiger partial charge is 0.384 e. The van der Waals surface area contributed by atoms with Gasteiger partial charge in [0.05, 0.1) is 17.9 Å². The molecule has 0 aliphatic rings. The molecule has 0 saturated carbocycles. The normalized spacial score (nSPS) is 11.2. The van der Waals surface area contributed by atoms with Gasteiger partial charge in [-0.25, -0.2) is 0 Å². The summed E-state index contributed by atoms with van der Waals surface area (Å²) in [4.78, 5) is 0. The highest BCUT2D eigenvalue weighted by molar-refractivity contribution is 5.75. The topological polar surface area (TPSA) is 61.3 Å². The minimum Gasteiger partial charge on any atom is -0.384 e. The SMILES string of the molecule is COCCc1noc(N)c1-c1ccc(C(C)C)cc1. The molecule has 0 bridgehead atoms. The maximum absolute atomic E-state index is 5.87. The first-order valence-corrected chi connectivity index (χ1v) is 6.46. The number of nitrogens with two attached hydrogens (primary N) is 1. The Morgan fingerprint density at radius 2 is 1.95 bits per heavy atom. The zero-order valence-electron chi connectivity index (χ0n) is 11.6. The molecule has 4 heteroatoms. The van der Waals surface area contributed by atoms with E-state index in [4.69, 9.17) is 15.0 Å². The maximum atomic E-state index is 5.87.